The number of hydrogen-bond acceptors (Lipinski definition) is 6. The molecule has 2 saturated heterocycles. The molecule has 2 aliphatic heterocycles. The Balaban J connectivity index is 0.000000244. The summed E-state index contributed by atoms with van der Waals surface area (Å²) >= 11 is 0. The number of ether oxygens (including phenoxy) is 4. The Bertz CT molecular complexity index is 599. The zero-order chi connectivity index (χ0) is 21.9. The third-order valence-corrected chi connectivity index (χ3v) is 3.69. The van der Waals surface area contributed by atoms with E-state index in [9.17, 15) is 0 Å². The van der Waals surface area contributed by atoms with Crippen molar-refractivity contribution in [2.45, 2.75) is 39.3 Å². The van der Waals surface area contributed by atoms with Gasteiger partial charge in [-0.15, -0.1) is 0 Å². The summed E-state index contributed by atoms with van der Waals surface area (Å²) in [5.41, 5.74) is 2.12. The fourth-order valence-electron chi connectivity index (χ4n) is 1.90. The first kappa shape index (κ1) is 26.2. The molecule has 0 saturated carbocycles. The molecule has 2 aromatic carbocycles. The van der Waals surface area contributed by atoms with E-state index in [1.54, 1.807) is 0 Å². The third kappa shape index (κ3) is 18.2. The molecular formula is C24H36O6. The fraction of sp³-hybridized carbons (Fsp3) is 0.500. The van der Waals surface area contributed by atoms with E-state index in [2.05, 4.69) is 11.7 Å². The number of epoxide rings is 2. The van der Waals surface area contributed by atoms with Gasteiger partial charge >= 0.3 is 0 Å². The Morgan fingerprint density at radius 1 is 0.967 bits per heavy atom. The standard InChI is InChI=1S/C12H18O3.C7H8O.C3H6O.C2H4O/c1-11(15-8-7-13)9-14-10-12-5-3-2-4-6-12;8-6-7-4-2-1-3-5-7;1-3-2-4-3;1-2-3-1/h2-6,11,13H,7-10H2,1H3;1-5,8H,6H2;3H,2H2,1H3;1-2H2. The molecule has 2 aromatic rings. The molecule has 2 atom stereocenters. The van der Waals surface area contributed by atoms with Crippen LogP contribution in [0.5, 0.6) is 0 Å². The van der Waals surface area contributed by atoms with Gasteiger partial charge in [0.15, 0.2) is 0 Å². The summed E-state index contributed by atoms with van der Waals surface area (Å²) in [6.07, 6.45) is 0.612. The lowest BCUT2D eigenvalue weighted by Crippen LogP contribution is -2.17. The van der Waals surface area contributed by atoms with Crippen LogP contribution >= 0.6 is 0 Å². The van der Waals surface area contributed by atoms with Gasteiger partial charge in [-0.25, -0.2) is 0 Å². The maximum absolute atomic E-state index is 8.55. The molecule has 0 bridgehead atoms. The van der Waals surface area contributed by atoms with Crippen molar-refractivity contribution in [3.63, 3.8) is 0 Å². The molecule has 0 amide bonds. The molecular weight excluding hydrogens is 384 g/mol. The molecule has 6 heteroatoms. The van der Waals surface area contributed by atoms with E-state index in [0.29, 0.717) is 25.9 Å². The molecule has 168 valence electrons. The van der Waals surface area contributed by atoms with Gasteiger partial charge in [0.1, 0.15) is 0 Å². The molecule has 30 heavy (non-hydrogen) atoms. The van der Waals surface area contributed by atoms with E-state index >= 15 is 0 Å². The number of benzene rings is 2. The summed E-state index contributed by atoms with van der Waals surface area (Å²) < 4.78 is 19.9. The third-order valence-electron chi connectivity index (χ3n) is 3.69. The quantitative estimate of drug-likeness (QED) is 0.638. The fourth-order valence-corrected chi connectivity index (χ4v) is 1.90. The van der Waals surface area contributed by atoms with Crippen molar-refractivity contribution in [3.05, 3.63) is 71.8 Å². The molecule has 0 aromatic heterocycles. The molecule has 0 spiro atoms. The van der Waals surface area contributed by atoms with Gasteiger partial charge < -0.3 is 29.2 Å². The van der Waals surface area contributed by atoms with E-state index in [1.807, 2.05) is 67.6 Å². The smallest absolute Gasteiger partial charge is 0.0781 e. The Hall–Kier alpha value is -1.80. The Morgan fingerprint density at radius 3 is 1.83 bits per heavy atom. The van der Waals surface area contributed by atoms with E-state index in [0.717, 1.165) is 30.9 Å². The van der Waals surface area contributed by atoms with Crippen LogP contribution in [0.4, 0.5) is 0 Å². The first-order valence-electron chi connectivity index (χ1n) is 10.3. The molecule has 2 N–H and O–H groups in total. The van der Waals surface area contributed by atoms with Gasteiger partial charge in [-0.2, -0.15) is 0 Å². The maximum Gasteiger partial charge on any atom is 0.0781 e. The lowest BCUT2D eigenvalue weighted by Gasteiger charge is -2.12. The van der Waals surface area contributed by atoms with Crippen LogP contribution in [0, 0.1) is 0 Å². The molecule has 2 fully saturated rings. The average molecular weight is 421 g/mol. The van der Waals surface area contributed by atoms with Crippen molar-refractivity contribution < 1.29 is 29.2 Å². The van der Waals surface area contributed by atoms with Crippen LogP contribution in [0.1, 0.15) is 25.0 Å². The number of rotatable bonds is 8. The number of hydrogen-bond donors (Lipinski definition) is 2. The second-order valence-corrected chi connectivity index (χ2v) is 6.81. The molecule has 2 unspecified atom stereocenters. The lowest BCUT2D eigenvalue weighted by molar-refractivity contribution is -0.0228. The van der Waals surface area contributed by atoms with Crippen LogP contribution in [0.15, 0.2) is 60.7 Å². The minimum absolute atomic E-state index is 0.0286. The predicted octanol–water partition coefficient (Wildman–Crippen LogP) is 3.20. The van der Waals surface area contributed by atoms with Crippen molar-refractivity contribution in [1.82, 2.24) is 0 Å². The van der Waals surface area contributed by atoms with E-state index in [-0.39, 0.29) is 19.3 Å². The highest BCUT2D eigenvalue weighted by Gasteiger charge is 2.13. The number of aliphatic hydroxyl groups excluding tert-OH is 2. The van der Waals surface area contributed by atoms with Crippen molar-refractivity contribution in [3.8, 4) is 0 Å². The van der Waals surface area contributed by atoms with Crippen molar-refractivity contribution in [1.29, 1.82) is 0 Å². The average Bonchev–Trinajstić information content (AvgIpc) is 3.70. The first-order valence-corrected chi connectivity index (χ1v) is 10.3. The van der Waals surface area contributed by atoms with Crippen molar-refractivity contribution >= 4 is 0 Å². The molecule has 4 rings (SSSR count). The van der Waals surface area contributed by atoms with Gasteiger partial charge in [0, 0.05) is 0 Å². The van der Waals surface area contributed by atoms with Gasteiger partial charge in [0.05, 0.1) is 65.1 Å². The van der Waals surface area contributed by atoms with Crippen molar-refractivity contribution in [2.24, 2.45) is 0 Å². The van der Waals surface area contributed by atoms with Gasteiger partial charge in [0.2, 0.25) is 0 Å². The summed E-state index contributed by atoms with van der Waals surface area (Å²) in [7, 11) is 0. The molecule has 2 aliphatic rings. The summed E-state index contributed by atoms with van der Waals surface area (Å²) in [5.74, 6) is 0. The highest BCUT2D eigenvalue weighted by atomic mass is 16.6. The topological polar surface area (TPSA) is 84.0 Å². The van der Waals surface area contributed by atoms with Gasteiger partial charge in [0.25, 0.3) is 0 Å². The SMILES string of the molecule is C1CO1.CC(COCc1ccccc1)OCCO.CC1CO1.OCc1ccccc1. The molecule has 2 heterocycles. The van der Waals surface area contributed by atoms with Crippen LogP contribution in [0.2, 0.25) is 0 Å². The Kier molecular flexibility index (Phi) is 15.7. The van der Waals surface area contributed by atoms with Crippen LogP contribution in [0.3, 0.4) is 0 Å². The second-order valence-electron chi connectivity index (χ2n) is 6.81. The zero-order valence-corrected chi connectivity index (χ0v) is 18.1. The van der Waals surface area contributed by atoms with Crippen molar-refractivity contribution in [2.75, 3.05) is 39.6 Å². The summed E-state index contributed by atoms with van der Waals surface area (Å²) in [4.78, 5) is 0. The highest BCUT2D eigenvalue weighted by molar-refractivity contribution is 5.13. The van der Waals surface area contributed by atoms with Crippen LogP contribution in [-0.4, -0.2) is 62.1 Å². The summed E-state index contributed by atoms with van der Waals surface area (Å²) in [6, 6.07) is 19.5. The lowest BCUT2D eigenvalue weighted by atomic mass is 10.2. The summed E-state index contributed by atoms with van der Waals surface area (Å²) in [5, 5.41) is 17.1. The summed E-state index contributed by atoms with van der Waals surface area (Å²) in [6.45, 7) is 8.70. The highest BCUT2D eigenvalue weighted by Crippen LogP contribution is 2.04. The predicted molar refractivity (Wildman–Crippen MR) is 117 cm³/mol. The van der Waals surface area contributed by atoms with E-state index in [4.69, 9.17) is 24.4 Å². The molecule has 0 radical (unpaired) electrons. The largest absolute Gasteiger partial charge is 0.394 e. The van der Waals surface area contributed by atoms with Gasteiger partial charge in [-0.1, -0.05) is 60.7 Å². The normalized spacial score (nSPS) is 16.5. The Morgan fingerprint density at radius 2 is 1.47 bits per heavy atom. The van der Waals surface area contributed by atoms with Crippen LogP contribution in [0.25, 0.3) is 0 Å². The number of aliphatic hydroxyl groups is 2. The second kappa shape index (κ2) is 18.0. The van der Waals surface area contributed by atoms with Gasteiger partial charge in [-0.05, 0) is 25.0 Å². The molecule has 0 aliphatic carbocycles. The zero-order valence-electron chi connectivity index (χ0n) is 18.1. The monoisotopic (exact) mass is 420 g/mol. The van der Waals surface area contributed by atoms with Crippen LogP contribution < -0.4 is 0 Å². The van der Waals surface area contributed by atoms with Crippen LogP contribution in [-0.2, 0) is 32.2 Å². The minimum atomic E-state index is 0.0286. The maximum atomic E-state index is 8.55. The first-order chi connectivity index (χ1) is 14.7. The Labute approximate surface area is 180 Å². The van der Waals surface area contributed by atoms with Gasteiger partial charge in [-0.3, -0.25) is 0 Å². The molecule has 6 nitrogen and oxygen atoms in total. The minimum Gasteiger partial charge on any atom is -0.394 e. The van der Waals surface area contributed by atoms with E-state index < -0.39 is 0 Å². The van der Waals surface area contributed by atoms with E-state index in [1.165, 1.54) is 0 Å².